The van der Waals surface area contributed by atoms with Gasteiger partial charge in [0.2, 0.25) is 0 Å². The third-order valence-electron chi connectivity index (χ3n) is 1.50. The van der Waals surface area contributed by atoms with Crippen LogP contribution in [0.1, 0.15) is 0 Å². The van der Waals surface area contributed by atoms with Gasteiger partial charge in [0.05, 0.1) is 0 Å². The van der Waals surface area contributed by atoms with Crippen LogP contribution in [0.5, 0.6) is 0 Å². The van der Waals surface area contributed by atoms with Gasteiger partial charge in [-0.25, -0.2) is 0 Å². The van der Waals surface area contributed by atoms with Crippen LogP contribution in [-0.4, -0.2) is 32.3 Å². The van der Waals surface area contributed by atoms with Crippen LogP contribution in [0.25, 0.3) is 0 Å². The summed E-state index contributed by atoms with van der Waals surface area (Å²) in [4.78, 5) is 0. The van der Waals surface area contributed by atoms with E-state index in [0.717, 1.165) is 0 Å². The van der Waals surface area contributed by atoms with E-state index in [1.165, 1.54) is 0 Å². The molecule has 5 heteroatoms. The minimum Gasteiger partial charge on any atom is -0.358 e. The summed E-state index contributed by atoms with van der Waals surface area (Å²) in [6.45, 7) is 15.1. The van der Waals surface area contributed by atoms with Crippen LogP contribution < -0.4 is 0 Å². The largest absolute Gasteiger partial charge is 0.358 e. The summed E-state index contributed by atoms with van der Waals surface area (Å²) in [7, 11) is 0.571. The van der Waals surface area contributed by atoms with Gasteiger partial charge in [0.25, 0.3) is 0 Å². The van der Waals surface area contributed by atoms with Crippen molar-refractivity contribution in [2.24, 2.45) is 0 Å². The summed E-state index contributed by atoms with van der Waals surface area (Å²) in [5.41, 5.74) is 0. The van der Waals surface area contributed by atoms with Crippen LogP contribution in [-0.2, 0) is 26.2 Å². The predicted molar refractivity (Wildman–Crippen MR) is 64.6 cm³/mol. The molecule has 0 unspecified atom stereocenters. The van der Waals surface area contributed by atoms with Crippen molar-refractivity contribution in [1.29, 1.82) is 0 Å². The molecule has 0 aromatic rings. The molecule has 0 nitrogen and oxygen atoms in total. The second-order valence-corrected chi connectivity index (χ2v) is 28.1. The molecule has 0 aromatic heterocycles. The Kier molecular flexibility index (Phi) is 15.0. The van der Waals surface area contributed by atoms with E-state index < -0.39 is 0 Å². The Labute approximate surface area is 104 Å². The molecule has 12 heavy (non-hydrogen) atoms. The third-order valence-corrected chi connectivity index (χ3v) is 40.5. The van der Waals surface area contributed by atoms with Crippen molar-refractivity contribution in [2.45, 2.75) is 39.3 Å². The zero-order valence-corrected chi connectivity index (χ0v) is 16.0. The second-order valence-electron chi connectivity index (χ2n) is 3.38. The van der Waals surface area contributed by atoms with Crippen molar-refractivity contribution < 1.29 is 26.2 Å². The van der Waals surface area contributed by atoms with Gasteiger partial charge in [-0.3, -0.25) is 0 Å². The SMILES string of the molecule is C[Si](C)[Si]([Si](C)C)[Si](C)C.[CH3-].[Zr]. The topological polar surface area (TPSA) is 0 Å². The molecule has 0 amide bonds. The molecule has 0 atom stereocenters. The van der Waals surface area contributed by atoms with E-state index in [0.29, 0.717) is 0 Å². The van der Waals surface area contributed by atoms with Gasteiger partial charge >= 0.3 is 0 Å². The van der Waals surface area contributed by atoms with Gasteiger partial charge in [0.1, 0.15) is 0 Å². The monoisotopic (exact) mass is 307 g/mol. The van der Waals surface area contributed by atoms with Crippen molar-refractivity contribution in [2.75, 3.05) is 0 Å². The van der Waals surface area contributed by atoms with E-state index in [1.54, 1.807) is 0 Å². The summed E-state index contributed by atoms with van der Waals surface area (Å²) in [6.07, 6.45) is 0. The molecule has 0 N–H and O–H groups in total. The van der Waals surface area contributed by atoms with Gasteiger partial charge < -0.3 is 7.43 Å². The zero-order chi connectivity index (χ0) is 8.31. The van der Waals surface area contributed by atoms with Crippen LogP contribution in [0.3, 0.4) is 0 Å². The smallest absolute Gasteiger partial charge is 0.0250 e. The molecule has 0 aliphatic carbocycles. The minimum atomic E-state index is 0. The summed E-state index contributed by atoms with van der Waals surface area (Å²) >= 11 is 0. The molecule has 70 valence electrons. The van der Waals surface area contributed by atoms with Crippen LogP contribution >= 0.6 is 0 Å². The van der Waals surface area contributed by atoms with Crippen LogP contribution in [0.15, 0.2) is 0 Å². The van der Waals surface area contributed by atoms with E-state index in [9.17, 15) is 0 Å². The van der Waals surface area contributed by atoms with Gasteiger partial charge in [0, 0.05) is 58.5 Å². The second kappa shape index (κ2) is 9.31. The Morgan fingerprint density at radius 3 is 0.750 bits per heavy atom. The molecule has 0 aliphatic heterocycles. The normalized spacial score (nSPS) is 10.5. The van der Waals surface area contributed by atoms with Crippen molar-refractivity contribution in [3.63, 3.8) is 0 Å². The van der Waals surface area contributed by atoms with Crippen molar-refractivity contribution in [1.82, 2.24) is 0 Å². The molecular formula is C7H21Si4Zr-. The van der Waals surface area contributed by atoms with Gasteiger partial charge in [-0.2, -0.15) is 0 Å². The molecule has 0 rings (SSSR count). The van der Waals surface area contributed by atoms with E-state index in [1.807, 2.05) is 0 Å². The molecule has 0 aliphatic rings. The van der Waals surface area contributed by atoms with Crippen molar-refractivity contribution >= 4 is 32.3 Å². The van der Waals surface area contributed by atoms with E-state index in [2.05, 4.69) is 39.3 Å². The molecule has 0 saturated carbocycles. The maximum absolute atomic E-state index is 2.52. The predicted octanol–water partition coefficient (Wildman–Crippen LogP) is 2.43. The Morgan fingerprint density at radius 1 is 0.583 bits per heavy atom. The maximum atomic E-state index is 2.52. The average Bonchev–Trinajstić information content (AvgIpc) is 1.59. The van der Waals surface area contributed by atoms with Gasteiger partial charge in [-0.1, -0.05) is 39.3 Å². The maximum Gasteiger partial charge on any atom is 0.0250 e. The van der Waals surface area contributed by atoms with E-state index in [4.69, 9.17) is 0 Å². The number of rotatable bonds is 3. The number of hydrogen-bond donors (Lipinski definition) is 0. The van der Waals surface area contributed by atoms with Gasteiger partial charge in [-0.05, 0) is 0 Å². The fourth-order valence-corrected chi connectivity index (χ4v) is 40.5. The van der Waals surface area contributed by atoms with Crippen LogP contribution in [0, 0.1) is 7.43 Å². The Morgan fingerprint density at radius 2 is 0.750 bits per heavy atom. The van der Waals surface area contributed by atoms with E-state index >= 15 is 0 Å². The Hall–Kier alpha value is 1.75. The Bertz CT molecular complexity index is 76.4. The molecular weight excluding hydrogens is 288 g/mol. The summed E-state index contributed by atoms with van der Waals surface area (Å²) < 4.78 is 0. The van der Waals surface area contributed by atoms with Crippen LogP contribution in [0.2, 0.25) is 39.3 Å². The molecule has 0 fully saturated rings. The number of hydrogen-bond acceptors (Lipinski definition) is 0. The first kappa shape index (κ1) is 19.3. The molecule has 0 spiro atoms. The summed E-state index contributed by atoms with van der Waals surface area (Å²) in [5.74, 6) is 0. The summed E-state index contributed by atoms with van der Waals surface area (Å²) in [5, 5.41) is 0. The average molecular weight is 309 g/mol. The molecule has 0 aromatic carbocycles. The van der Waals surface area contributed by atoms with Gasteiger partial charge in [0.15, 0.2) is 0 Å². The molecule has 0 bridgehead atoms. The molecule has 4 radical (unpaired) electrons. The first-order valence-corrected chi connectivity index (χ1v) is 15.8. The molecule has 0 heterocycles. The van der Waals surface area contributed by atoms with Crippen molar-refractivity contribution in [3.05, 3.63) is 7.43 Å². The zero-order valence-electron chi connectivity index (χ0n) is 9.50. The fourth-order valence-electron chi connectivity index (χ4n) is 1.50. The molecule has 0 saturated heterocycles. The fraction of sp³-hybridized carbons (Fsp3) is 0.857. The van der Waals surface area contributed by atoms with Crippen LogP contribution in [0.4, 0.5) is 0 Å². The first-order valence-electron chi connectivity index (χ1n) is 3.75. The van der Waals surface area contributed by atoms with Crippen molar-refractivity contribution in [3.8, 4) is 0 Å². The van der Waals surface area contributed by atoms with E-state index in [-0.39, 0.29) is 65.9 Å². The van der Waals surface area contributed by atoms with Gasteiger partial charge in [-0.15, -0.1) is 0 Å². The Balaban J connectivity index is -0.000000405. The standard InChI is InChI=1S/C6H18Si4.CH3.Zr/c1-7(2)10(8(3)4)9(5)6;;/h1-6H3;1H3;/q;-1;. The first-order chi connectivity index (χ1) is 4.46. The minimum absolute atomic E-state index is 0. The summed E-state index contributed by atoms with van der Waals surface area (Å²) in [6, 6.07) is 0. The quantitative estimate of drug-likeness (QED) is 0.555. The third kappa shape index (κ3) is 7.18.